The Hall–Kier alpha value is -2.68. The smallest absolute Gasteiger partial charge is 0.142 e. The Bertz CT molecular complexity index is 759. The van der Waals surface area contributed by atoms with Crippen LogP contribution < -0.4 is 0 Å². The predicted molar refractivity (Wildman–Crippen MR) is 126 cm³/mol. The fourth-order valence-electron chi connectivity index (χ4n) is 2.68. The number of nitrogens with zero attached hydrogens (tertiary/aromatic N) is 2. The van der Waals surface area contributed by atoms with E-state index in [1.165, 1.54) is 17.5 Å². The molecule has 2 rings (SSSR count). The zero-order valence-corrected chi connectivity index (χ0v) is 18.4. The molecule has 29 heavy (non-hydrogen) atoms. The van der Waals surface area contributed by atoms with E-state index in [9.17, 15) is 5.11 Å². The first-order chi connectivity index (χ1) is 14.0. The predicted octanol–water partition coefficient (Wildman–Crippen LogP) is 7.20. The third-order valence-electron chi connectivity index (χ3n) is 4.33. The van der Waals surface area contributed by atoms with Crippen LogP contribution in [0.4, 0.5) is 0 Å². The topological polar surface area (TPSA) is 45.5 Å². The molecule has 1 aromatic carbocycles. The Morgan fingerprint density at radius 2 is 1.76 bits per heavy atom. The van der Waals surface area contributed by atoms with Crippen LogP contribution in [0.5, 0.6) is 0 Å². The van der Waals surface area contributed by atoms with Crippen LogP contribution in [0.15, 0.2) is 71.7 Å². The molecule has 0 aliphatic heterocycles. The van der Waals surface area contributed by atoms with Crippen LogP contribution in [-0.2, 0) is 12.8 Å². The lowest BCUT2D eigenvalue weighted by Gasteiger charge is -2.03. The van der Waals surface area contributed by atoms with Crippen molar-refractivity contribution in [1.29, 1.82) is 0 Å². The van der Waals surface area contributed by atoms with E-state index >= 15 is 0 Å². The van der Waals surface area contributed by atoms with Crippen LogP contribution in [-0.4, -0.2) is 16.3 Å². The molecule has 3 heteroatoms. The highest BCUT2D eigenvalue weighted by Gasteiger charge is 2.01. The minimum Gasteiger partial charge on any atom is -0.506 e. The van der Waals surface area contributed by atoms with Crippen molar-refractivity contribution in [2.24, 2.45) is 10.9 Å². The van der Waals surface area contributed by atoms with Gasteiger partial charge in [0.1, 0.15) is 5.76 Å². The molecule has 0 bridgehead atoms. The van der Waals surface area contributed by atoms with Gasteiger partial charge in [-0.1, -0.05) is 77.1 Å². The molecule has 1 N–H and O–H groups in total. The fourth-order valence-corrected chi connectivity index (χ4v) is 2.68. The summed E-state index contributed by atoms with van der Waals surface area (Å²) in [5.74, 6) is 0.760. The van der Waals surface area contributed by atoms with E-state index in [4.69, 9.17) is 0 Å². The minimum absolute atomic E-state index is 0.0552. The van der Waals surface area contributed by atoms with Crippen LogP contribution in [0, 0.1) is 5.92 Å². The third-order valence-corrected chi connectivity index (χ3v) is 4.33. The number of aliphatic hydroxyl groups is 1. The number of aromatic nitrogens is 1. The first-order valence-corrected chi connectivity index (χ1v) is 10.7. The van der Waals surface area contributed by atoms with E-state index in [2.05, 4.69) is 54.7 Å². The van der Waals surface area contributed by atoms with Crippen LogP contribution in [0.3, 0.4) is 0 Å². The summed E-state index contributed by atoms with van der Waals surface area (Å²) >= 11 is 0. The van der Waals surface area contributed by atoms with Gasteiger partial charge in [-0.3, -0.25) is 9.98 Å². The first-order valence-electron chi connectivity index (χ1n) is 10.7. The minimum atomic E-state index is 0.0552. The Kier molecular flexibility index (Phi) is 12.0. The second-order valence-corrected chi connectivity index (χ2v) is 7.19. The van der Waals surface area contributed by atoms with E-state index in [1.807, 2.05) is 44.5 Å². The number of rotatable bonds is 10. The molecule has 3 nitrogen and oxygen atoms in total. The molecule has 1 aromatic heterocycles. The van der Waals surface area contributed by atoms with Crippen molar-refractivity contribution in [2.45, 2.75) is 59.8 Å². The Morgan fingerprint density at radius 3 is 2.38 bits per heavy atom. The maximum absolute atomic E-state index is 10.1. The molecule has 0 saturated heterocycles. The molecule has 0 unspecified atom stereocenters. The van der Waals surface area contributed by atoms with Gasteiger partial charge < -0.3 is 5.11 Å². The molecule has 1 heterocycles. The van der Waals surface area contributed by atoms with Gasteiger partial charge in [0.15, 0.2) is 0 Å². The molecule has 0 radical (unpaired) electrons. The number of pyridine rings is 1. The van der Waals surface area contributed by atoms with Crippen LogP contribution >= 0.6 is 0 Å². The number of hydrogen-bond acceptors (Lipinski definition) is 3. The second-order valence-electron chi connectivity index (χ2n) is 7.19. The van der Waals surface area contributed by atoms with Gasteiger partial charge in [0.2, 0.25) is 0 Å². The maximum Gasteiger partial charge on any atom is 0.142 e. The average molecular weight is 393 g/mol. The van der Waals surface area contributed by atoms with Gasteiger partial charge in [0.05, 0.1) is 11.4 Å². The first kappa shape index (κ1) is 24.4. The van der Waals surface area contributed by atoms with Crippen molar-refractivity contribution in [3.05, 3.63) is 83.5 Å². The van der Waals surface area contributed by atoms with Gasteiger partial charge in [0, 0.05) is 18.5 Å². The van der Waals surface area contributed by atoms with Gasteiger partial charge in [-0.25, -0.2) is 0 Å². The quantitative estimate of drug-likeness (QED) is 0.201. The van der Waals surface area contributed by atoms with Gasteiger partial charge >= 0.3 is 0 Å². The highest BCUT2D eigenvalue weighted by Crippen LogP contribution is 2.13. The third kappa shape index (κ3) is 10.4. The number of benzene rings is 1. The Labute approximate surface area is 176 Å². The largest absolute Gasteiger partial charge is 0.506 e. The molecule has 0 aliphatic rings. The van der Waals surface area contributed by atoms with Crippen LogP contribution in [0.1, 0.15) is 63.8 Å². The summed E-state index contributed by atoms with van der Waals surface area (Å²) in [5.41, 5.74) is 3.57. The number of aryl methyl sites for hydroxylation is 2. The summed E-state index contributed by atoms with van der Waals surface area (Å²) in [6, 6.07) is 14.4. The maximum atomic E-state index is 10.1. The molecule has 0 amide bonds. The molecule has 156 valence electrons. The van der Waals surface area contributed by atoms with Gasteiger partial charge in [-0.2, -0.15) is 0 Å². The standard InChI is InChI=1S/C24H30N2O.C2H6/c1-19(2)9-7-8-16-25-20(3)24(27)17-23-15-14-22(18-26-23)13-12-21-10-5-4-6-11-21;1-2/h4-6,10-11,14-19,27H,3,7-9,12-13H2,1-2H3;1-2H3/b24-17-,25-16?;. The average Bonchev–Trinajstić information content (AvgIpc) is 2.74. The van der Waals surface area contributed by atoms with Crippen LogP contribution in [0.25, 0.3) is 6.08 Å². The number of aliphatic imine (C=N–C) groups is 1. The summed E-state index contributed by atoms with van der Waals surface area (Å²) in [6.07, 6.45) is 10.4. The fraction of sp³-hybridized carbons (Fsp3) is 0.385. The lowest BCUT2D eigenvalue weighted by atomic mass is 10.1. The molecule has 0 aliphatic carbocycles. The van der Waals surface area contributed by atoms with Crippen molar-refractivity contribution >= 4 is 12.3 Å². The molecule has 0 spiro atoms. The normalized spacial score (nSPS) is 11.4. The zero-order chi connectivity index (χ0) is 21.5. The monoisotopic (exact) mass is 392 g/mol. The van der Waals surface area contributed by atoms with Gasteiger partial charge in [-0.15, -0.1) is 0 Å². The van der Waals surface area contributed by atoms with Gasteiger partial charge in [-0.05, 0) is 48.8 Å². The van der Waals surface area contributed by atoms with E-state index in [-0.39, 0.29) is 5.76 Å². The lowest BCUT2D eigenvalue weighted by Crippen LogP contribution is -1.93. The molecule has 0 fully saturated rings. The molecular formula is C26H36N2O. The van der Waals surface area contributed by atoms with E-state index in [1.54, 1.807) is 6.08 Å². The summed E-state index contributed by atoms with van der Waals surface area (Å²) in [5, 5.41) is 10.1. The van der Waals surface area contributed by atoms with Crippen molar-refractivity contribution in [1.82, 2.24) is 4.98 Å². The zero-order valence-electron chi connectivity index (χ0n) is 18.4. The highest BCUT2D eigenvalue weighted by atomic mass is 16.3. The molecule has 0 atom stereocenters. The summed E-state index contributed by atoms with van der Waals surface area (Å²) in [6.45, 7) is 12.2. The second kappa shape index (κ2) is 14.3. The summed E-state index contributed by atoms with van der Waals surface area (Å²) in [7, 11) is 0. The van der Waals surface area contributed by atoms with E-state index in [0.29, 0.717) is 17.3 Å². The number of unbranched alkanes of at least 4 members (excludes halogenated alkanes) is 1. The van der Waals surface area contributed by atoms with E-state index in [0.717, 1.165) is 25.7 Å². The van der Waals surface area contributed by atoms with Crippen molar-refractivity contribution in [3.63, 3.8) is 0 Å². The Balaban J connectivity index is 0.00000204. The molecule has 0 saturated carbocycles. The van der Waals surface area contributed by atoms with Crippen molar-refractivity contribution in [2.75, 3.05) is 0 Å². The SMILES string of the molecule is C=C(N=CCCCC(C)C)/C(O)=C/c1ccc(CCc2ccccc2)cn1.CC. The van der Waals surface area contributed by atoms with Crippen molar-refractivity contribution in [3.8, 4) is 0 Å². The lowest BCUT2D eigenvalue weighted by molar-refractivity contribution is 0.428. The number of aliphatic hydroxyl groups excluding tert-OH is 1. The summed E-state index contributed by atoms with van der Waals surface area (Å²) < 4.78 is 0. The van der Waals surface area contributed by atoms with E-state index < -0.39 is 0 Å². The highest BCUT2D eigenvalue weighted by molar-refractivity contribution is 5.61. The Morgan fingerprint density at radius 1 is 1.07 bits per heavy atom. The van der Waals surface area contributed by atoms with Crippen molar-refractivity contribution < 1.29 is 5.11 Å². The van der Waals surface area contributed by atoms with Crippen LogP contribution in [0.2, 0.25) is 0 Å². The summed E-state index contributed by atoms with van der Waals surface area (Å²) in [4.78, 5) is 8.65. The van der Waals surface area contributed by atoms with Gasteiger partial charge in [0.25, 0.3) is 0 Å². The molecule has 2 aromatic rings. The molecular weight excluding hydrogens is 356 g/mol. The number of hydrogen-bond donors (Lipinski definition) is 1.